The van der Waals surface area contributed by atoms with E-state index in [-0.39, 0.29) is 5.56 Å². The van der Waals surface area contributed by atoms with Crippen LogP contribution in [0.3, 0.4) is 0 Å². The zero-order chi connectivity index (χ0) is 19.4. The molecule has 0 atom stereocenters. The first-order chi connectivity index (χ1) is 12.8. The Morgan fingerprint density at radius 2 is 1.70 bits per heavy atom. The van der Waals surface area contributed by atoms with Crippen LogP contribution < -0.4 is 10.1 Å². The van der Waals surface area contributed by atoms with Crippen molar-refractivity contribution < 1.29 is 22.7 Å². The van der Waals surface area contributed by atoms with Gasteiger partial charge >= 0.3 is 6.18 Å². The number of aromatic nitrogens is 2. The van der Waals surface area contributed by atoms with E-state index in [0.717, 1.165) is 30.0 Å². The number of hydrogen-bond donors (Lipinski definition) is 1. The molecule has 8 heteroatoms. The Bertz CT molecular complexity index is 922. The lowest BCUT2D eigenvalue weighted by Gasteiger charge is -2.09. The highest BCUT2D eigenvalue weighted by Gasteiger charge is 2.30. The minimum atomic E-state index is -4.44. The van der Waals surface area contributed by atoms with Crippen LogP contribution in [0.4, 0.5) is 18.9 Å². The van der Waals surface area contributed by atoms with Crippen LogP contribution in [0.15, 0.2) is 60.9 Å². The van der Waals surface area contributed by atoms with Crippen LogP contribution in [0, 0.1) is 6.92 Å². The third kappa shape index (κ3) is 4.81. The second kappa shape index (κ2) is 7.45. The van der Waals surface area contributed by atoms with Gasteiger partial charge in [0.25, 0.3) is 5.91 Å². The lowest BCUT2D eigenvalue weighted by Crippen LogP contribution is -2.13. The van der Waals surface area contributed by atoms with E-state index in [1.807, 2.05) is 6.92 Å². The van der Waals surface area contributed by atoms with Crippen LogP contribution in [0.2, 0.25) is 0 Å². The van der Waals surface area contributed by atoms with E-state index in [4.69, 9.17) is 4.74 Å². The summed E-state index contributed by atoms with van der Waals surface area (Å²) >= 11 is 0. The molecule has 3 aromatic rings. The summed E-state index contributed by atoms with van der Waals surface area (Å²) in [5.74, 6) is 0.296. The van der Waals surface area contributed by atoms with Gasteiger partial charge in [-0.2, -0.15) is 13.2 Å². The molecule has 0 saturated carbocycles. The fourth-order valence-corrected chi connectivity index (χ4v) is 2.16. The van der Waals surface area contributed by atoms with Gasteiger partial charge in [-0.1, -0.05) is 0 Å². The van der Waals surface area contributed by atoms with Gasteiger partial charge in [0.05, 0.1) is 23.6 Å². The molecule has 0 bridgehead atoms. The van der Waals surface area contributed by atoms with E-state index in [1.165, 1.54) is 6.20 Å². The first-order valence-corrected chi connectivity index (χ1v) is 7.86. The van der Waals surface area contributed by atoms with Crippen molar-refractivity contribution in [2.45, 2.75) is 13.1 Å². The van der Waals surface area contributed by atoms with Crippen LogP contribution in [0.1, 0.15) is 21.6 Å². The van der Waals surface area contributed by atoms with Crippen LogP contribution in [0.5, 0.6) is 11.6 Å². The summed E-state index contributed by atoms with van der Waals surface area (Å²) in [5, 5.41) is 2.56. The molecule has 1 N–H and O–H groups in total. The average Bonchev–Trinajstić information content (AvgIpc) is 2.64. The Balaban J connectivity index is 1.63. The Hall–Kier alpha value is -3.42. The molecule has 27 heavy (non-hydrogen) atoms. The maximum absolute atomic E-state index is 12.6. The van der Waals surface area contributed by atoms with Gasteiger partial charge in [0, 0.05) is 17.3 Å². The zero-order valence-corrected chi connectivity index (χ0v) is 14.1. The fourth-order valence-electron chi connectivity index (χ4n) is 2.16. The summed E-state index contributed by atoms with van der Waals surface area (Å²) in [5.41, 5.74) is 0.535. The summed E-state index contributed by atoms with van der Waals surface area (Å²) in [6.45, 7) is 1.86. The molecule has 0 aliphatic carbocycles. The number of carbonyl (C=O) groups is 1. The predicted molar refractivity (Wildman–Crippen MR) is 92.7 cm³/mol. The van der Waals surface area contributed by atoms with Gasteiger partial charge in [-0.15, -0.1) is 0 Å². The van der Waals surface area contributed by atoms with E-state index in [0.29, 0.717) is 17.3 Å². The van der Waals surface area contributed by atoms with Gasteiger partial charge < -0.3 is 10.1 Å². The maximum Gasteiger partial charge on any atom is 0.416 e. The van der Waals surface area contributed by atoms with Gasteiger partial charge in [0.1, 0.15) is 5.75 Å². The summed E-state index contributed by atoms with van der Waals surface area (Å²) in [6.07, 6.45) is -1.49. The molecule has 1 amide bonds. The number of ether oxygens (including phenoxy) is 1. The monoisotopic (exact) mass is 373 g/mol. The van der Waals surface area contributed by atoms with Gasteiger partial charge in [0.2, 0.25) is 5.88 Å². The van der Waals surface area contributed by atoms with E-state index in [1.54, 1.807) is 30.5 Å². The molecule has 138 valence electrons. The maximum atomic E-state index is 12.6. The molecule has 0 aliphatic rings. The van der Waals surface area contributed by atoms with Crippen molar-refractivity contribution in [1.82, 2.24) is 9.97 Å². The largest absolute Gasteiger partial charge is 0.437 e. The molecule has 0 spiro atoms. The third-order valence-corrected chi connectivity index (χ3v) is 3.58. The number of benzene rings is 1. The van der Waals surface area contributed by atoms with Gasteiger partial charge in [-0.05, 0) is 49.4 Å². The number of pyridine rings is 2. The molecule has 1 aromatic carbocycles. The number of nitrogens with zero attached hydrogens (tertiary/aromatic N) is 2. The minimum Gasteiger partial charge on any atom is -0.437 e. The quantitative estimate of drug-likeness (QED) is 0.710. The smallest absolute Gasteiger partial charge is 0.416 e. The molecule has 5 nitrogen and oxygen atoms in total. The summed E-state index contributed by atoms with van der Waals surface area (Å²) in [4.78, 5) is 20.3. The number of aryl methyl sites for hydroxylation is 1. The summed E-state index contributed by atoms with van der Waals surface area (Å²) in [7, 11) is 0. The first-order valence-electron chi connectivity index (χ1n) is 7.86. The van der Waals surface area contributed by atoms with Crippen molar-refractivity contribution in [3.63, 3.8) is 0 Å². The van der Waals surface area contributed by atoms with Gasteiger partial charge in [0.15, 0.2) is 0 Å². The minimum absolute atomic E-state index is 0.106. The predicted octanol–water partition coefficient (Wildman–Crippen LogP) is 4.85. The second-order valence-corrected chi connectivity index (χ2v) is 5.65. The highest BCUT2D eigenvalue weighted by molar-refractivity contribution is 6.04. The van der Waals surface area contributed by atoms with Crippen LogP contribution in [-0.2, 0) is 6.18 Å². The van der Waals surface area contributed by atoms with Gasteiger partial charge in [-0.25, -0.2) is 4.98 Å². The number of rotatable bonds is 4. The Morgan fingerprint density at radius 1 is 0.963 bits per heavy atom. The summed E-state index contributed by atoms with van der Waals surface area (Å²) < 4.78 is 43.2. The van der Waals surface area contributed by atoms with Crippen molar-refractivity contribution in [2.24, 2.45) is 0 Å². The van der Waals surface area contributed by atoms with Crippen molar-refractivity contribution in [3.8, 4) is 11.6 Å². The molecular formula is C19H14F3N3O2. The second-order valence-electron chi connectivity index (χ2n) is 5.65. The Labute approximate surface area is 152 Å². The molecule has 0 unspecified atom stereocenters. The number of amides is 1. The van der Waals surface area contributed by atoms with Crippen molar-refractivity contribution in [1.29, 1.82) is 0 Å². The number of nitrogens with one attached hydrogen (secondary N) is 1. The molecular weight excluding hydrogens is 359 g/mol. The molecule has 0 radical (unpaired) electrons. The Kier molecular flexibility index (Phi) is 5.07. The molecule has 2 aromatic heterocycles. The van der Waals surface area contributed by atoms with Crippen LogP contribution in [-0.4, -0.2) is 15.9 Å². The topological polar surface area (TPSA) is 64.1 Å². The summed E-state index contributed by atoms with van der Waals surface area (Å²) in [6, 6.07) is 10.6. The lowest BCUT2D eigenvalue weighted by atomic mass is 10.1. The SMILES string of the molecule is Cc1ccc(Oc2ccc(NC(=O)c3ccc(C(F)(F)F)cc3)cn2)cn1. The van der Waals surface area contributed by atoms with E-state index in [2.05, 4.69) is 15.3 Å². The van der Waals surface area contributed by atoms with E-state index < -0.39 is 17.6 Å². The van der Waals surface area contributed by atoms with Crippen molar-refractivity contribution in [2.75, 3.05) is 5.32 Å². The zero-order valence-electron chi connectivity index (χ0n) is 14.1. The highest BCUT2D eigenvalue weighted by Crippen LogP contribution is 2.29. The van der Waals surface area contributed by atoms with Gasteiger partial charge in [-0.3, -0.25) is 9.78 Å². The van der Waals surface area contributed by atoms with Crippen molar-refractivity contribution in [3.05, 3.63) is 77.7 Å². The lowest BCUT2D eigenvalue weighted by molar-refractivity contribution is -0.137. The molecule has 2 heterocycles. The number of halogens is 3. The normalized spacial score (nSPS) is 11.1. The highest BCUT2D eigenvalue weighted by atomic mass is 19.4. The first kappa shape index (κ1) is 18.4. The number of anilines is 1. The van der Waals surface area contributed by atoms with E-state index >= 15 is 0 Å². The average molecular weight is 373 g/mol. The molecule has 0 aliphatic heterocycles. The van der Waals surface area contributed by atoms with Crippen LogP contribution in [0.25, 0.3) is 0 Å². The van der Waals surface area contributed by atoms with Crippen LogP contribution >= 0.6 is 0 Å². The number of alkyl halides is 3. The van der Waals surface area contributed by atoms with E-state index in [9.17, 15) is 18.0 Å². The third-order valence-electron chi connectivity index (χ3n) is 3.58. The van der Waals surface area contributed by atoms with Crippen molar-refractivity contribution >= 4 is 11.6 Å². The Morgan fingerprint density at radius 3 is 2.26 bits per heavy atom. The molecule has 3 rings (SSSR count). The fraction of sp³-hybridized carbons (Fsp3) is 0.105. The number of carbonyl (C=O) groups excluding carboxylic acids is 1. The molecule has 0 saturated heterocycles. The number of hydrogen-bond acceptors (Lipinski definition) is 4. The molecule has 0 fully saturated rings. The standard InChI is InChI=1S/C19H14F3N3O2/c1-12-2-8-16(11-23-12)27-17-9-7-15(10-24-17)25-18(26)13-3-5-14(6-4-13)19(20,21)22/h2-11H,1H3,(H,25,26).